The van der Waals surface area contributed by atoms with Crippen LogP contribution in [-0.4, -0.2) is 11.2 Å². The van der Waals surface area contributed by atoms with Gasteiger partial charge in [-0.1, -0.05) is 52.9 Å². The van der Waals surface area contributed by atoms with Gasteiger partial charge in [0.1, 0.15) is 0 Å². The van der Waals surface area contributed by atoms with Crippen molar-refractivity contribution in [1.82, 2.24) is 0 Å². The third kappa shape index (κ3) is 2.98. The summed E-state index contributed by atoms with van der Waals surface area (Å²) in [6.07, 6.45) is 6.74. The number of rotatable bonds is 3. The van der Waals surface area contributed by atoms with E-state index in [0.717, 1.165) is 5.92 Å². The van der Waals surface area contributed by atoms with Gasteiger partial charge in [0.25, 0.3) is 0 Å². The fourth-order valence-electron chi connectivity index (χ4n) is 2.55. The Morgan fingerprint density at radius 3 is 2.00 bits per heavy atom. The van der Waals surface area contributed by atoms with Gasteiger partial charge in [-0.15, -0.1) is 0 Å². The van der Waals surface area contributed by atoms with Crippen LogP contribution in [0.3, 0.4) is 0 Å². The van der Waals surface area contributed by atoms with E-state index in [4.69, 9.17) is 0 Å². The van der Waals surface area contributed by atoms with E-state index in [1.807, 2.05) is 0 Å². The highest BCUT2D eigenvalue weighted by atomic mass is 16.3. The summed E-state index contributed by atoms with van der Waals surface area (Å²) in [5.74, 6) is 1.70. The van der Waals surface area contributed by atoms with Crippen molar-refractivity contribution in [3.05, 3.63) is 0 Å². The van der Waals surface area contributed by atoms with Crippen LogP contribution in [0, 0.1) is 17.8 Å². The maximum Gasteiger partial charge on any atom is 0.0591 e. The fraction of sp³-hybridized carbons (Fsp3) is 1.00. The molecule has 2 unspecified atom stereocenters. The summed E-state index contributed by atoms with van der Waals surface area (Å²) in [4.78, 5) is 0. The van der Waals surface area contributed by atoms with E-state index >= 15 is 0 Å². The van der Waals surface area contributed by atoms with Crippen LogP contribution in [0.4, 0.5) is 0 Å². The summed E-state index contributed by atoms with van der Waals surface area (Å²) in [6.45, 7) is 6.45. The van der Waals surface area contributed by atoms with E-state index < -0.39 is 0 Å². The maximum absolute atomic E-state index is 9.95. The molecule has 0 radical (unpaired) electrons. The van der Waals surface area contributed by atoms with Crippen LogP contribution in [0.25, 0.3) is 0 Å². The molecular weight excluding hydrogens is 160 g/mol. The maximum atomic E-state index is 9.95. The second kappa shape index (κ2) is 4.99. The minimum absolute atomic E-state index is 0.0944. The average molecular weight is 184 g/mol. The lowest BCUT2D eigenvalue weighted by Gasteiger charge is -2.32. The van der Waals surface area contributed by atoms with Crippen molar-refractivity contribution < 1.29 is 5.11 Å². The molecule has 2 atom stereocenters. The van der Waals surface area contributed by atoms with Gasteiger partial charge in [0.15, 0.2) is 0 Å². The summed E-state index contributed by atoms with van der Waals surface area (Å²) < 4.78 is 0. The minimum atomic E-state index is -0.0944. The molecule has 0 bridgehead atoms. The van der Waals surface area contributed by atoms with Crippen molar-refractivity contribution in [2.24, 2.45) is 17.8 Å². The molecule has 1 saturated carbocycles. The van der Waals surface area contributed by atoms with Crippen molar-refractivity contribution in [1.29, 1.82) is 0 Å². The van der Waals surface area contributed by atoms with Crippen LogP contribution >= 0.6 is 0 Å². The zero-order chi connectivity index (χ0) is 9.84. The van der Waals surface area contributed by atoms with Crippen LogP contribution in [-0.2, 0) is 0 Å². The van der Waals surface area contributed by atoms with E-state index in [-0.39, 0.29) is 6.10 Å². The zero-order valence-corrected chi connectivity index (χ0v) is 9.29. The van der Waals surface area contributed by atoms with Gasteiger partial charge in [0.2, 0.25) is 0 Å². The van der Waals surface area contributed by atoms with Gasteiger partial charge in [-0.05, 0) is 17.8 Å². The Hall–Kier alpha value is -0.0400. The Morgan fingerprint density at radius 1 is 1.00 bits per heavy atom. The summed E-state index contributed by atoms with van der Waals surface area (Å²) in [5.41, 5.74) is 0. The minimum Gasteiger partial charge on any atom is -0.393 e. The highest BCUT2D eigenvalue weighted by molar-refractivity contribution is 4.77. The third-order valence-corrected chi connectivity index (χ3v) is 3.62. The summed E-state index contributed by atoms with van der Waals surface area (Å²) in [5, 5.41) is 9.95. The molecule has 0 aromatic rings. The van der Waals surface area contributed by atoms with Crippen LogP contribution in [0.15, 0.2) is 0 Å². The lowest BCUT2D eigenvalue weighted by molar-refractivity contribution is 0.0340. The van der Waals surface area contributed by atoms with E-state index in [2.05, 4.69) is 20.8 Å². The standard InChI is InChI=1S/C12H24O/c1-9(2)12(13)10(3)11-7-5-4-6-8-11/h9-13H,4-8H2,1-3H3. The van der Waals surface area contributed by atoms with Gasteiger partial charge in [-0.3, -0.25) is 0 Å². The van der Waals surface area contributed by atoms with Gasteiger partial charge in [-0.25, -0.2) is 0 Å². The number of hydrogen-bond donors (Lipinski definition) is 1. The molecule has 1 N–H and O–H groups in total. The molecule has 78 valence electrons. The normalized spacial score (nSPS) is 24.7. The summed E-state index contributed by atoms with van der Waals surface area (Å²) in [7, 11) is 0. The molecule has 0 saturated heterocycles. The zero-order valence-electron chi connectivity index (χ0n) is 9.29. The number of aliphatic hydroxyl groups excluding tert-OH is 1. The van der Waals surface area contributed by atoms with Crippen LogP contribution in [0.2, 0.25) is 0 Å². The third-order valence-electron chi connectivity index (χ3n) is 3.62. The van der Waals surface area contributed by atoms with Crippen LogP contribution in [0.1, 0.15) is 52.9 Å². The first-order chi connectivity index (χ1) is 6.13. The monoisotopic (exact) mass is 184 g/mol. The Bertz CT molecular complexity index is 136. The lowest BCUT2D eigenvalue weighted by atomic mass is 9.76. The molecule has 1 nitrogen and oxygen atoms in total. The topological polar surface area (TPSA) is 20.2 Å². The summed E-state index contributed by atoms with van der Waals surface area (Å²) in [6, 6.07) is 0. The van der Waals surface area contributed by atoms with Crippen molar-refractivity contribution in [3.63, 3.8) is 0 Å². The second-order valence-corrected chi connectivity index (χ2v) is 4.99. The Kier molecular flexibility index (Phi) is 4.24. The molecule has 1 fully saturated rings. The highest BCUT2D eigenvalue weighted by Gasteiger charge is 2.27. The van der Waals surface area contributed by atoms with Crippen molar-refractivity contribution in [2.75, 3.05) is 0 Å². The molecular formula is C12H24O. The summed E-state index contributed by atoms with van der Waals surface area (Å²) >= 11 is 0. The predicted octanol–water partition coefficient (Wildman–Crippen LogP) is 3.22. The average Bonchev–Trinajstić information content (AvgIpc) is 2.17. The first-order valence-electron chi connectivity index (χ1n) is 5.81. The quantitative estimate of drug-likeness (QED) is 0.714. The van der Waals surface area contributed by atoms with Gasteiger partial charge >= 0.3 is 0 Å². The first-order valence-corrected chi connectivity index (χ1v) is 5.81. The smallest absolute Gasteiger partial charge is 0.0591 e. The Morgan fingerprint density at radius 2 is 1.54 bits per heavy atom. The van der Waals surface area contributed by atoms with Crippen LogP contribution < -0.4 is 0 Å². The fourth-order valence-corrected chi connectivity index (χ4v) is 2.55. The molecule has 0 heterocycles. The van der Waals surface area contributed by atoms with Crippen molar-refractivity contribution in [3.8, 4) is 0 Å². The van der Waals surface area contributed by atoms with Gasteiger partial charge < -0.3 is 5.11 Å². The molecule has 1 rings (SSSR count). The Labute approximate surface area is 82.5 Å². The number of hydrogen-bond acceptors (Lipinski definition) is 1. The molecule has 0 aromatic carbocycles. The second-order valence-electron chi connectivity index (χ2n) is 4.99. The molecule has 0 amide bonds. The SMILES string of the molecule is CC(C)C(O)C(C)C1CCCCC1. The van der Waals surface area contributed by atoms with Crippen molar-refractivity contribution in [2.45, 2.75) is 59.0 Å². The molecule has 0 aliphatic heterocycles. The highest BCUT2D eigenvalue weighted by Crippen LogP contribution is 2.33. The predicted molar refractivity (Wildman–Crippen MR) is 56.6 cm³/mol. The van der Waals surface area contributed by atoms with E-state index in [0.29, 0.717) is 11.8 Å². The van der Waals surface area contributed by atoms with Gasteiger partial charge in [-0.2, -0.15) is 0 Å². The van der Waals surface area contributed by atoms with Crippen LogP contribution in [0.5, 0.6) is 0 Å². The molecule has 0 spiro atoms. The molecule has 0 aromatic heterocycles. The number of aliphatic hydroxyl groups is 1. The van der Waals surface area contributed by atoms with E-state index in [9.17, 15) is 5.11 Å². The lowest BCUT2D eigenvalue weighted by Crippen LogP contribution is -2.30. The largest absolute Gasteiger partial charge is 0.393 e. The van der Waals surface area contributed by atoms with Gasteiger partial charge in [0, 0.05) is 0 Å². The molecule has 13 heavy (non-hydrogen) atoms. The van der Waals surface area contributed by atoms with Crippen molar-refractivity contribution >= 4 is 0 Å². The van der Waals surface area contributed by atoms with Gasteiger partial charge in [0.05, 0.1) is 6.10 Å². The molecule has 1 aliphatic rings. The molecule has 1 aliphatic carbocycles. The Balaban J connectivity index is 2.40. The first kappa shape index (κ1) is 11.0. The van der Waals surface area contributed by atoms with E-state index in [1.54, 1.807) is 0 Å². The van der Waals surface area contributed by atoms with E-state index in [1.165, 1.54) is 32.1 Å². The molecule has 1 heteroatoms.